The summed E-state index contributed by atoms with van der Waals surface area (Å²) in [6, 6.07) is 29.5. The minimum absolute atomic E-state index is 0.741. The number of benzene rings is 3. The second-order valence-electron chi connectivity index (χ2n) is 9.66. The van der Waals surface area contributed by atoms with Gasteiger partial charge in [-0.3, -0.25) is 4.98 Å². The van der Waals surface area contributed by atoms with Crippen LogP contribution in [0, 0.1) is 12.8 Å². The molecule has 180 valence electrons. The summed E-state index contributed by atoms with van der Waals surface area (Å²) in [5.74, 6) is 1.73. The lowest BCUT2D eigenvalue weighted by atomic mass is 9.90. The SMILES string of the molecule is Cc1cc(Nc2cccc(OCCCN3CCC(Cc4ccccc4)CC3)c2)c2ccccc2n1. The Morgan fingerprint density at radius 2 is 1.71 bits per heavy atom. The Morgan fingerprint density at radius 3 is 2.57 bits per heavy atom. The molecule has 0 radical (unpaired) electrons. The smallest absolute Gasteiger partial charge is 0.121 e. The van der Waals surface area contributed by atoms with Crippen LogP contribution in [0.25, 0.3) is 10.9 Å². The summed E-state index contributed by atoms with van der Waals surface area (Å²) in [6.45, 7) is 6.29. The molecule has 1 saturated heterocycles. The van der Waals surface area contributed by atoms with E-state index < -0.39 is 0 Å². The third-order valence-corrected chi connectivity index (χ3v) is 6.92. The fraction of sp³-hybridized carbons (Fsp3) is 0.323. The lowest BCUT2D eigenvalue weighted by molar-refractivity contribution is 0.170. The first-order valence-electron chi connectivity index (χ1n) is 12.9. The van der Waals surface area contributed by atoms with E-state index in [1.165, 1.54) is 37.9 Å². The standard InChI is InChI=1S/C31H35N3O/c1-24-21-31(29-13-5-6-14-30(29)32-24)33-27-11-7-12-28(23-27)35-20-8-17-34-18-15-26(16-19-34)22-25-9-3-2-4-10-25/h2-7,9-14,21,23,26H,8,15-20,22H2,1H3,(H,32,33). The number of pyridine rings is 1. The number of nitrogens with zero attached hydrogens (tertiary/aromatic N) is 2. The predicted octanol–water partition coefficient (Wildman–Crippen LogP) is 7.01. The molecule has 1 aromatic heterocycles. The number of aromatic nitrogens is 1. The minimum Gasteiger partial charge on any atom is -0.493 e. The van der Waals surface area contributed by atoms with Crippen molar-refractivity contribution in [3.05, 3.63) is 96.2 Å². The number of likely N-dealkylation sites (tertiary alicyclic amines) is 1. The van der Waals surface area contributed by atoms with Gasteiger partial charge in [0.2, 0.25) is 0 Å². The average Bonchev–Trinajstić information content (AvgIpc) is 2.88. The highest BCUT2D eigenvalue weighted by Gasteiger charge is 2.19. The second kappa shape index (κ2) is 11.4. The zero-order valence-electron chi connectivity index (χ0n) is 20.6. The van der Waals surface area contributed by atoms with Gasteiger partial charge in [0.05, 0.1) is 12.1 Å². The Balaban J connectivity index is 1.08. The molecule has 1 fully saturated rings. The fourth-order valence-electron chi connectivity index (χ4n) is 5.07. The molecular weight excluding hydrogens is 430 g/mol. The van der Waals surface area contributed by atoms with Crippen LogP contribution >= 0.6 is 0 Å². The van der Waals surface area contributed by atoms with E-state index >= 15 is 0 Å². The summed E-state index contributed by atoms with van der Waals surface area (Å²) in [5, 5.41) is 4.69. The second-order valence-corrected chi connectivity index (χ2v) is 9.66. The van der Waals surface area contributed by atoms with E-state index in [0.717, 1.165) is 59.2 Å². The molecule has 0 aliphatic carbocycles. The maximum atomic E-state index is 6.11. The zero-order valence-corrected chi connectivity index (χ0v) is 20.6. The Morgan fingerprint density at radius 1 is 0.914 bits per heavy atom. The normalized spacial score (nSPS) is 14.8. The number of rotatable bonds is 9. The van der Waals surface area contributed by atoms with Crippen LogP contribution in [0.4, 0.5) is 11.4 Å². The van der Waals surface area contributed by atoms with Crippen LogP contribution in [0.2, 0.25) is 0 Å². The highest BCUT2D eigenvalue weighted by atomic mass is 16.5. The number of nitrogens with one attached hydrogen (secondary N) is 1. The molecule has 1 N–H and O–H groups in total. The fourth-order valence-corrected chi connectivity index (χ4v) is 5.07. The van der Waals surface area contributed by atoms with E-state index in [4.69, 9.17) is 4.74 Å². The number of anilines is 2. The third-order valence-electron chi connectivity index (χ3n) is 6.92. The number of aryl methyl sites for hydroxylation is 1. The van der Waals surface area contributed by atoms with E-state index in [1.807, 2.05) is 25.1 Å². The van der Waals surface area contributed by atoms with Gasteiger partial charge in [-0.15, -0.1) is 0 Å². The highest BCUT2D eigenvalue weighted by Crippen LogP contribution is 2.28. The topological polar surface area (TPSA) is 37.4 Å². The molecule has 4 nitrogen and oxygen atoms in total. The van der Waals surface area contributed by atoms with E-state index in [2.05, 4.69) is 81.9 Å². The quantitative estimate of drug-likeness (QED) is 0.270. The van der Waals surface area contributed by atoms with Crippen molar-refractivity contribution in [2.45, 2.75) is 32.6 Å². The third kappa shape index (κ3) is 6.40. The molecule has 4 heteroatoms. The van der Waals surface area contributed by atoms with Gasteiger partial charge in [-0.25, -0.2) is 0 Å². The molecule has 0 unspecified atom stereocenters. The molecule has 1 aliphatic heterocycles. The lowest BCUT2D eigenvalue weighted by Gasteiger charge is -2.32. The van der Waals surface area contributed by atoms with Gasteiger partial charge in [-0.05, 0) is 81.4 Å². The van der Waals surface area contributed by atoms with Gasteiger partial charge in [0.25, 0.3) is 0 Å². The van der Waals surface area contributed by atoms with Gasteiger partial charge < -0.3 is 15.0 Å². The maximum Gasteiger partial charge on any atom is 0.121 e. The van der Waals surface area contributed by atoms with E-state index in [0.29, 0.717) is 0 Å². The highest BCUT2D eigenvalue weighted by molar-refractivity contribution is 5.93. The Kier molecular flexibility index (Phi) is 7.59. The molecule has 2 heterocycles. The largest absolute Gasteiger partial charge is 0.493 e. The Labute approximate surface area is 209 Å². The molecule has 0 bridgehead atoms. The van der Waals surface area contributed by atoms with Gasteiger partial charge in [-0.1, -0.05) is 54.6 Å². The lowest BCUT2D eigenvalue weighted by Crippen LogP contribution is -2.35. The minimum atomic E-state index is 0.741. The number of piperidine rings is 1. The molecule has 1 aliphatic rings. The molecule has 0 atom stereocenters. The summed E-state index contributed by atoms with van der Waals surface area (Å²) < 4.78 is 6.11. The number of hydrogen-bond acceptors (Lipinski definition) is 4. The molecule has 3 aromatic carbocycles. The van der Waals surface area contributed by atoms with Gasteiger partial charge in [-0.2, -0.15) is 0 Å². The number of para-hydroxylation sites is 1. The molecule has 0 saturated carbocycles. The summed E-state index contributed by atoms with van der Waals surface area (Å²) >= 11 is 0. The van der Waals surface area contributed by atoms with Crippen LogP contribution < -0.4 is 10.1 Å². The number of fused-ring (bicyclic) bond motifs is 1. The predicted molar refractivity (Wildman–Crippen MR) is 146 cm³/mol. The van der Waals surface area contributed by atoms with Gasteiger partial charge >= 0.3 is 0 Å². The molecular formula is C31H35N3O. The van der Waals surface area contributed by atoms with Crippen molar-refractivity contribution >= 4 is 22.3 Å². The van der Waals surface area contributed by atoms with E-state index in [1.54, 1.807) is 0 Å². The summed E-state index contributed by atoms with van der Waals surface area (Å²) in [7, 11) is 0. The first-order valence-corrected chi connectivity index (χ1v) is 12.9. The van der Waals surface area contributed by atoms with Crippen molar-refractivity contribution in [2.75, 3.05) is 31.6 Å². The molecule has 0 spiro atoms. The summed E-state index contributed by atoms with van der Waals surface area (Å²) in [4.78, 5) is 7.23. The van der Waals surface area contributed by atoms with Crippen molar-refractivity contribution in [1.29, 1.82) is 0 Å². The van der Waals surface area contributed by atoms with Gasteiger partial charge in [0.15, 0.2) is 0 Å². The van der Waals surface area contributed by atoms with E-state index in [-0.39, 0.29) is 0 Å². The number of ether oxygens (including phenoxy) is 1. The molecule has 35 heavy (non-hydrogen) atoms. The van der Waals surface area contributed by atoms with Crippen molar-refractivity contribution in [3.63, 3.8) is 0 Å². The van der Waals surface area contributed by atoms with Crippen molar-refractivity contribution in [2.24, 2.45) is 5.92 Å². The van der Waals surface area contributed by atoms with Crippen molar-refractivity contribution in [3.8, 4) is 5.75 Å². The van der Waals surface area contributed by atoms with Crippen LogP contribution in [-0.4, -0.2) is 36.1 Å². The van der Waals surface area contributed by atoms with Crippen LogP contribution in [0.15, 0.2) is 84.9 Å². The van der Waals surface area contributed by atoms with Gasteiger partial charge in [0.1, 0.15) is 5.75 Å². The maximum absolute atomic E-state index is 6.11. The Hall–Kier alpha value is -3.37. The first kappa shape index (κ1) is 23.4. The van der Waals surface area contributed by atoms with Crippen LogP contribution in [0.5, 0.6) is 5.75 Å². The average molecular weight is 466 g/mol. The summed E-state index contributed by atoms with van der Waals surface area (Å²) in [6.07, 6.45) is 4.87. The number of hydrogen-bond donors (Lipinski definition) is 1. The Bertz CT molecular complexity index is 1230. The molecule has 0 amide bonds. The summed E-state index contributed by atoms with van der Waals surface area (Å²) in [5.41, 5.74) is 5.58. The molecule has 4 aromatic rings. The zero-order chi connectivity index (χ0) is 23.9. The van der Waals surface area contributed by atoms with Gasteiger partial charge in [0, 0.05) is 35.1 Å². The van der Waals surface area contributed by atoms with Crippen LogP contribution in [0.3, 0.4) is 0 Å². The van der Waals surface area contributed by atoms with Crippen molar-refractivity contribution in [1.82, 2.24) is 9.88 Å². The van der Waals surface area contributed by atoms with Crippen LogP contribution in [0.1, 0.15) is 30.5 Å². The van der Waals surface area contributed by atoms with E-state index in [9.17, 15) is 0 Å². The van der Waals surface area contributed by atoms with Crippen molar-refractivity contribution < 1.29 is 4.74 Å². The molecule has 5 rings (SSSR count). The first-order chi connectivity index (χ1) is 17.2. The van der Waals surface area contributed by atoms with Crippen LogP contribution in [-0.2, 0) is 6.42 Å². The monoisotopic (exact) mass is 465 g/mol.